The summed E-state index contributed by atoms with van der Waals surface area (Å²) in [7, 11) is 1.39. The molecule has 82 valence electrons. The number of anilines is 1. The van der Waals surface area contributed by atoms with Crippen molar-refractivity contribution in [1.82, 2.24) is 0 Å². The summed E-state index contributed by atoms with van der Waals surface area (Å²) in [5.74, 6) is 0. The van der Waals surface area contributed by atoms with Crippen LogP contribution in [0.15, 0.2) is 24.3 Å². The molecule has 0 heterocycles. The van der Waals surface area contributed by atoms with Gasteiger partial charge in [0.15, 0.2) is 0 Å². The van der Waals surface area contributed by atoms with Crippen molar-refractivity contribution in [2.75, 3.05) is 12.2 Å². The van der Waals surface area contributed by atoms with Crippen molar-refractivity contribution in [3.05, 3.63) is 29.8 Å². The van der Waals surface area contributed by atoms with Gasteiger partial charge >= 0.3 is 0 Å². The molecule has 1 aromatic carbocycles. The zero-order valence-corrected chi connectivity index (χ0v) is 10.1. The topological polar surface area (TPSA) is 3.24 Å². The average Bonchev–Trinajstić information content (AvgIpc) is 2.24. The largest absolute Gasteiger partial charge is 0.215 e. The predicted octanol–water partition coefficient (Wildman–Crippen LogP) is 4.37. The van der Waals surface area contributed by atoms with E-state index in [4.69, 9.17) is 0 Å². The summed E-state index contributed by atoms with van der Waals surface area (Å²) < 4.78 is 12.5. The van der Waals surface area contributed by atoms with E-state index in [0.717, 1.165) is 5.56 Å². The molecule has 0 saturated carbocycles. The third-order valence-electron chi connectivity index (χ3n) is 1.45. The number of halogens is 1. The molecule has 0 N–H and O–H groups in total. The van der Waals surface area contributed by atoms with Gasteiger partial charge in [-0.25, -0.2) is 5.12 Å². The van der Waals surface area contributed by atoms with E-state index in [-0.39, 0.29) is 0 Å². The first-order chi connectivity index (χ1) is 6.72. The molecule has 1 rings (SSSR count). The second-order valence-electron chi connectivity index (χ2n) is 2.26. The third kappa shape index (κ3) is 5.57. The quantitative estimate of drug-likeness (QED) is 0.607. The van der Waals surface area contributed by atoms with E-state index in [1.54, 1.807) is 6.07 Å². The Morgan fingerprint density at radius 3 is 1.71 bits per heavy atom. The second kappa shape index (κ2) is 10.0. The molecule has 0 spiro atoms. The fourth-order valence-electron chi connectivity index (χ4n) is 0.909. The van der Waals surface area contributed by atoms with Gasteiger partial charge in [0.1, 0.15) is 0 Å². The highest BCUT2D eigenvalue weighted by Gasteiger charge is 1.99. The fourth-order valence-corrected chi connectivity index (χ4v) is 0.909. The van der Waals surface area contributed by atoms with Crippen LogP contribution in [-0.2, 0) is 0 Å². The summed E-state index contributed by atoms with van der Waals surface area (Å²) in [6.07, 6.45) is 0. The lowest BCUT2D eigenvalue weighted by Gasteiger charge is -2.08. The highest BCUT2D eigenvalue weighted by molar-refractivity contribution is 5.49. The first kappa shape index (κ1) is 15.4. The Morgan fingerprint density at radius 1 is 1.00 bits per heavy atom. The van der Waals surface area contributed by atoms with E-state index in [1.807, 2.05) is 52.8 Å². The minimum atomic E-state index is 0.620. The number of hydrogen-bond acceptors (Lipinski definition) is 1. The van der Waals surface area contributed by atoms with Gasteiger partial charge in [0.25, 0.3) is 0 Å². The highest BCUT2D eigenvalue weighted by Crippen LogP contribution is 2.17. The van der Waals surface area contributed by atoms with Crippen LogP contribution in [-0.4, -0.2) is 7.05 Å². The van der Waals surface area contributed by atoms with Crippen LogP contribution in [0.3, 0.4) is 0 Å². The molecule has 1 aromatic rings. The van der Waals surface area contributed by atoms with Gasteiger partial charge in [-0.1, -0.05) is 45.9 Å². The third-order valence-corrected chi connectivity index (χ3v) is 1.45. The molecule has 0 radical (unpaired) electrons. The van der Waals surface area contributed by atoms with Crippen LogP contribution in [0.25, 0.3) is 0 Å². The molecule has 0 unspecified atom stereocenters. The van der Waals surface area contributed by atoms with Gasteiger partial charge in [-0.05, 0) is 18.6 Å². The summed E-state index contributed by atoms with van der Waals surface area (Å²) in [6.45, 7) is 9.88. The van der Waals surface area contributed by atoms with E-state index < -0.39 is 0 Å². The monoisotopic (exact) mass is 199 g/mol. The van der Waals surface area contributed by atoms with Crippen LogP contribution in [0, 0.1) is 6.92 Å². The van der Waals surface area contributed by atoms with Gasteiger partial charge in [0.05, 0.1) is 5.69 Å². The van der Waals surface area contributed by atoms with E-state index in [1.165, 1.54) is 7.05 Å². The molecule has 0 aromatic heterocycles. The van der Waals surface area contributed by atoms with Crippen molar-refractivity contribution < 1.29 is 4.48 Å². The summed E-state index contributed by atoms with van der Waals surface area (Å²) >= 11 is 0. The second-order valence-corrected chi connectivity index (χ2v) is 2.26. The molecule has 0 bridgehead atoms. The SMILES string of the molecule is CC.CC.Cc1ccccc1N(C)F. The maximum absolute atomic E-state index is 12.5. The molecule has 0 aliphatic rings. The maximum atomic E-state index is 12.5. The average molecular weight is 199 g/mol. The predicted molar refractivity (Wildman–Crippen MR) is 63.4 cm³/mol. The van der Waals surface area contributed by atoms with Gasteiger partial charge in [-0.2, -0.15) is 0 Å². The number of benzene rings is 1. The van der Waals surface area contributed by atoms with Gasteiger partial charge in [0.2, 0.25) is 0 Å². The normalized spacial score (nSPS) is 7.64. The number of para-hydroxylation sites is 1. The molecule has 0 saturated heterocycles. The number of aryl methyl sites for hydroxylation is 1. The molecule has 2 heteroatoms. The van der Waals surface area contributed by atoms with Crippen LogP contribution >= 0.6 is 0 Å². The Balaban J connectivity index is 0. The molecule has 0 atom stereocenters. The summed E-state index contributed by atoms with van der Waals surface area (Å²) in [6, 6.07) is 7.33. The number of hydrogen-bond donors (Lipinski definition) is 0. The number of rotatable bonds is 1. The van der Waals surface area contributed by atoms with Crippen LogP contribution in [0.4, 0.5) is 10.2 Å². The number of nitrogens with zero attached hydrogens (tertiary/aromatic N) is 1. The molecule has 0 amide bonds. The first-order valence-corrected chi connectivity index (χ1v) is 5.17. The van der Waals surface area contributed by atoms with Crippen molar-refractivity contribution in [2.45, 2.75) is 34.6 Å². The summed E-state index contributed by atoms with van der Waals surface area (Å²) in [4.78, 5) is 0. The highest BCUT2D eigenvalue weighted by atomic mass is 19.2. The Morgan fingerprint density at radius 2 is 1.43 bits per heavy atom. The van der Waals surface area contributed by atoms with Gasteiger partial charge in [-0.3, -0.25) is 0 Å². The maximum Gasteiger partial charge on any atom is 0.0713 e. The lowest BCUT2D eigenvalue weighted by atomic mass is 10.2. The molecule has 14 heavy (non-hydrogen) atoms. The molecule has 0 aliphatic heterocycles. The van der Waals surface area contributed by atoms with E-state index in [9.17, 15) is 4.48 Å². The zero-order chi connectivity index (χ0) is 11.6. The summed E-state index contributed by atoms with van der Waals surface area (Å²) in [5.41, 5.74) is 1.58. The Kier molecular flexibility index (Phi) is 11.1. The van der Waals surface area contributed by atoms with E-state index in [0.29, 0.717) is 10.8 Å². The van der Waals surface area contributed by atoms with Gasteiger partial charge in [-0.15, -0.1) is 4.48 Å². The van der Waals surface area contributed by atoms with Crippen molar-refractivity contribution in [2.24, 2.45) is 0 Å². The molecular weight excluding hydrogens is 177 g/mol. The molecule has 1 nitrogen and oxygen atoms in total. The van der Waals surface area contributed by atoms with Crippen LogP contribution in [0.2, 0.25) is 0 Å². The zero-order valence-electron chi connectivity index (χ0n) is 10.1. The van der Waals surface area contributed by atoms with Crippen LogP contribution in [0.5, 0.6) is 0 Å². The molecule has 0 fully saturated rings. The smallest absolute Gasteiger partial charge is 0.0713 e. The Labute approximate surface area is 87.5 Å². The minimum Gasteiger partial charge on any atom is -0.215 e. The molecular formula is C12H22FN. The Hall–Kier alpha value is -1.05. The van der Waals surface area contributed by atoms with Gasteiger partial charge in [0, 0.05) is 7.05 Å². The van der Waals surface area contributed by atoms with E-state index in [2.05, 4.69) is 0 Å². The lowest BCUT2D eigenvalue weighted by molar-refractivity contribution is 0.475. The van der Waals surface area contributed by atoms with Crippen molar-refractivity contribution in [3.63, 3.8) is 0 Å². The fraction of sp³-hybridized carbons (Fsp3) is 0.500. The minimum absolute atomic E-state index is 0.620. The summed E-state index contributed by atoms with van der Waals surface area (Å²) in [5, 5.41) is 0.620. The van der Waals surface area contributed by atoms with Crippen molar-refractivity contribution >= 4 is 5.69 Å². The van der Waals surface area contributed by atoms with Crippen molar-refractivity contribution in [3.8, 4) is 0 Å². The lowest BCUT2D eigenvalue weighted by Crippen LogP contribution is -2.03. The molecule has 0 aliphatic carbocycles. The first-order valence-electron chi connectivity index (χ1n) is 5.17. The van der Waals surface area contributed by atoms with Crippen molar-refractivity contribution in [1.29, 1.82) is 0 Å². The van der Waals surface area contributed by atoms with Crippen LogP contribution in [0.1, 0.15) is 33.3 Å². The van der Waals surface area contributed by atoms with E-state index >= 15 is 0 Å². The van der Waals surface area contributed by atoms with Gasteiger partial charge < -0.3 is 0 Å². The van der Waals surface area contributed by atoms with Crippen LogP contribution < -0.4 is 5.12 Å². The Bertz CT molecular complexity index is 221. The standard InChI is InChI=1S/C8H10FN.2C2H6/c1-7-5-3-4-6-8(7)10(2)9;2*1-2/h3-6H,1-2H3;2*1-2H3.